The maximum atomic E-state index is 5.19. The molecular formula is C12H19N5O. The molecule has 0 aliphatic heterocycles. The SMILES string of the molecule is CCNCc1cn(Cc2cc(OC)n(C)n2)cn1. The molecule has 0 bridgehead atoms. The van der Waals surface area contributed by atoms with Gasteiger partial charge >= 0.3 is 0 Å². The first-order valence-electron chi connectivity index (χ1n) is 6.01. The summed E-state index contributed by atoms with van der Waals surface area (Å²) >= 11 is 0. The monoisotopic (exact) mass is 249 g/mol. The van der Waals surface area contributed by atoms with Gasteiger partial charge in [0.25, 0.3) is 0 Å². The number of imidazole rings is 1. The first-order valence-corrected chi connectivity index (χ1v) is 6.01. The first kappa shape index (κ1) is 12.6. The largest absolute Gasteiger partial charge is 0.481 e. The van der Waals surface area contributed by atoms with Gasteiger partial charge in [0, 0.05) is 25.9 Å². The highest BCUT2D eigenvalue weighted by molar-refractivity contribution is 5.16. The minimum absolute atomic E-state index is 0.705. The van der Waals surface area contributed by atoms with Gasteiger partial charge in [-0.3, -0.25) is 0 Å². The lowest BCUT2D eigenvalue weighted by Crippen LogP contribution is -2.11. The standard InChI is InChI=1S/C12H19N5O/c1-4-13-6-11-8-17(9-14-11)7-10-5-12(18-3)16(2)15-10/h5,8-9,13H,4,6-7H2,1-3H3. The van der Waals surface area contributed by atoms with Crippen LogP contribution in [0.1, 0.15) is 18.3 Å². The topological polar surface area (TPSA) is 56.9 Å². The number of hydrogen-bond acceptors (Lipinski definition) is 4. The molecule has 0 fully saturated rings. The van der Waals surface area contributed by atoms with Crippen molar-refractivity contribution in [2.45, 2.75) is 20.0 Å². The summed E-state index contributed by atoms with van der Waals surface area (Å²) < 4.78 is 8.94. The van der Waals surface area contributed by atoms with E-state index < -0.39 is 0 Å². The zero-order valence-electron chi connectivity index (χ0n) is 11.1. The van der Waals surface area contributed by atoms with Crippen molar-refractivity contribution in [1.82, 2.24) is 24.6 Å². The highest BCUT2D eigenvalue weighted by Crippen LogP contribution is 2.12. The highest BCUT2D eigenvalue weighted by atomic mass is 16.5. The van der Waals surface area contributed by atoms with Gasteiger partial charge in [0.05, 0.1) is 31.4 Å². The number of aryl methyl sites for hydroxylation is 1. The summed E-state index contributed by atoms with van der Waals surface area (Å²) in [5, 5.41) is 7.62. The Kier molecular flexibility index (Phi) is 3.99. The van der Waals surface area contributed by atoms with E-state index in [4.69, 9.17) is 4.74 Å². The van der Waals surface area contributed by atoms with Crippen LogP contribution in [-0.4, -0.2) is 33.0 Å². The van der Waals surface area contributed by atoms with Crippen LogP contribution in [0, 0.1) is 0 Å². The van der Waals surface area contributed by atoms with Crippen LogP contribution in [0.5, 0.6) is 5.88 Å². The maximum Gasteiger partial charge on any atom is 0.211 e. The minimum atomic E-state index is 0.705. The van der Waals surface area contributed by atoms with Crippen molar-refractivity contribution in [3.8, 4) is 5.88 Å². The van der Waals surface area contributed by atoms with Gasteiger partial charge in [0.15, 0.2) is 0 Å². The second kappa shape index (κ2) is 5.68. The fraction of sp³-hybridized carbons (Fsp3) is 0.500. The molecule has 0 amide bonds. The molecule has 2 aromatic heterocycles. The van der Waals surface area contributed by atoms with Gasteiger partial charge in [0.2, 0.25) is 5.88 Å². The summed E-state index contributed by atoms with van der Waals surface area (Å²) in [6, 6.07) is 1.93. The normalized spacial score (nSPS) is 10.8. The van der Waals surface area contributed by atoms with E-state index in [1.54, 1.807) is 11.8 Å². The summed E-state index contributed by atoms with van der Waals surface area (Å²) in [5.41, 5.74) is 2.00. The third-order valence-electron chi connectivity index (χ3n) is 2.68. The molecular weight excluding hydrogens is 230 g/mol. The van der Waals surface area contributed by atoms with Crippen LogP contribution in [-0.2, 0) is 20.1 Å². The number of methoxy groups -OCH3 is 1. The molecule has 0 unspecified atom stereocenters. The molecule has 0 saturated carbocycles. The van der Waals surface area contributed by atoms with Crippen LogP contribution in [0.4, 0.5) is 0 Å². The number of rotatable bonds is 6. The van der Waals surface area contributed by atoms with Crippen LogP contribution in [0.25, 0.3) is 0 Å². The third kappa shape index (κ3) is 2.89. The Morgan fingerprint density at radius 2 is 2.22 bits per heavy atom. The molecule has 2 aromatic rings. The molecule has 2 rings (SSSR count). The third-order valence-corrected chi connectivity index (χ3v) is 2.68. The molecule has 98 valence electrons. The lowest BCUT2D eigenvalue weighted by Gasteiger charge is -1.98. The molecule has 0 aliphatic carbocycles. The molecule has 0 radical (unpaired) electrons. The molecule has 0 spiro atoms. The molecule has 18 heavy (non-hydrogen) atoms. The molecule has 0 atom stereocenters. The van der Waals surface area contributed by atoms with Crippen molar-refractivity contribution in [3.63, 3.8) is 0 Å². The van der Waals surface area contributed by atoms with Crippen LogP contribution in [0.3, 0.4) is 0 Å². The average Bonchev–Trinajstić information content (AvgIpc) is 2.94. The van der Waals surface area contributed by atoms with E-state index in [1.807, 2.05) is 30.2 Å². The van der Waals surface area contributed by atoms with Crippen molar-refractivity contribution in [2.75, 3.05) is 13.7 Å². The fourth-order valence-corrected chi connectivity index (χ4v) is 1.80. The maximum absolute atomic E-state index is 5.19. The van der Waals surface area contributed by atoms with E-state index in [-0.39, 0.29) is 0 Å². The van der Waals surface area contributed by atoms with Gasteiger partial charge in [-0.1, -0.05) is 6.92 Å². The van der Waals surface area contributed by atoms with Gasteiger partial charge in [0.1, 0.15) is 0 Å². The number of nitrogens with one attached hydrogen (secondary N) is 1. The van der Waals surface area contributed by atoms with Gasteiger partial charge in [-0.05, 0) is 6.54 Å². The molecule has 0 aromatic carbocycles. The van der Waals surface area contributed by atoms with E-state index in [0.29, 0.717) is 6.54 Å². The Hall–Kier alpha value is -1.82. The summed E-state index contributed by atoms with van der Waals surface area (Å²) in [6.45, 7) is 4.53. The Bertz CT molecular complexity index is 502. The quantitative estimate of drug-likeness (QED) is 0.822. The minimum Gasteiger partial charge on any atom is -0.481 e. The Morgan fingerprint density at radius 3 is 2.89 bits per heavy atom. The Balaban J connectivity index is 2.01. The molecule has 1 N–H and O–H groups in total. The molecule has 6 nitrogen and oxygen atoms in total. The van der Waals surface area contributed by atoms with Crippen molar-refractivity contribution in [2.24, 2.45) is 7.05 Å². The summed E-state index contributed by atoms with van der Waals surface area (Å²) in [7, 11) is 3.51. The summed E-state index contributed by atoms with van der Waals surface area (Å²) in [4.78, 5) is 4.33. The van der Waals surface area contributed by atoms with Crippen LogP contribution >= 0.6 is 0 Å². The van der Waals surface area contributed by atoms with Gasteiger partial charge in [-0.15, -0.1) is 0 Å². The van der Waals surface area contributed by atoms with E-state index in [2.05, 4.69) is 22.3 Å². The molecule has 0 aliphatic rings. The zero-order chi connectivity index (χ0) is 13.0. The Labute approximate surface area is 107 Å². The van der Waals surface area contributed by atoms with E-state index in [0.717, 1.165) is 30.4 Å². The Morgan fingerprint density at radius 1 is 1.39 bits per heavy atom. The van der Waals surface area contributed by atoms with Crippen molar-refractivity contribution in [3.05, 3.63) is 30.0 Å². The van der Waals surface area contributed by atoms with Crippen molar-refractivity contribution in [1.29, 1.82) is 0 Å². The number of ether oxygens (including phenoxy) is 1. The second-order valence-corrected chi connectivity index (χ2v) is 4.12. The fourth-order valence-electron chi connectivity index (χ4n) is 1.80. The van der Waals surface area contributed by atoms with E-state index >= 15 is 0 Å². The smallest absolute Gasteiger partial charge is 0.211 e. The molecule has 2 heterocycles. The number of aromatic nitrogens is 4. The summed E-state index contributed by atoms with van der Waals surface area (Å²) in [5.74, 6) is 0.762. The zero-order valence-corrected chi connectivity index (χ0v) is 11.1. The van der Waals surface area contributed by atoms with Crippen LogP contribution in [0.15, 0.2) is 18.6 Å². The first-order chi connectivity index (χ1) is 8.72. The van der Waals surface area contributed by atoms with Crippen LogP contribution < -0.4 is 10.1 Å². The average molecular weight is 249 g/mol. The lowest BCUT2D eigenvalue weighted by molar-refractivity contribution is 0.373. The van der Waals surface area contributed by atoms with E-state index in [1.165, 1.54) is 0 Å². The summed E-state index contributed by atoms with van der Waals surface area (Å²) in [6.07, 6.45) is 3.86. The number of nitrogens with zero attached hydrogens (tertiary/aromatic N) is 4. The predicted molar refractivity (Wildman–Crippen MR) is 68.5 cm³/mol. The molecule has 6 heteroatoms. The predicted octanol–water partition coefficient (Wildman–Crippen LogP) is 0.783. The highest BCUT2D eigenvalue weighted by Gasteiger charge is 2.06. The van der Waals surface area contributed by atoms with E-state index in [9.17, 15) is 0 Å². The molecule has 0 saturated heterocycles. The van der Waals surface area contributed by atoms with Gasteiger partial charge < -0.3 is 14.6 Å². The lowest BCUT2D eigenvalue weighted by atomic mass is 10.4. The van der Waals surface area contributed by atoms with Gasteiger partial charge in [-0.25, -0.2) is 9.67 Å². The van der Waals surface area contributed by atoms with Crippen molar-refractivity contribution >= 4 is 0 Å². The van der Waals surface area contributed by atoms with Gasteiger partial charge in [-0.2, -0.15) is 5.10 Å². The van der Waals surface area contributed by atoms with Crippen LogP contribution in [0.2, 0.25) is 0 Å². The van der Waals surface area contributed by atoms with Crippen molar-refractivity contribution < 1.29 is 4.74 Å². The number of hydrogen-bond donors (Lipinski definition) is 1. The second-order valence-electron chi connectivity index (χ2n) is 4.12.